The second-order valence-electron chi connectivity index (χ2n) is 6.11. The number of rotatable bonds is 10. The molecule has 0 bridgehead atoms. The van der Waals surface area contributed by atoms with Crippen LogP contribution < -0.4 is 10.6 Å². The molecule has 1 aliphatic rings. The fourth-order valence-electron chi connectivity index (χ4n) is 2.64. The molecule has 0 aromatic rings. The Morgan fingerprint density at radius 3 is 2.57 bits per heavy atom. The molecule has 0 aliphatic carbocycles. The number of hydrogen-bond donors (Lipinski definition) is 2. The molecule has 2 N–H and O–H groups in total. The molecule has 1 fully saturated rings. The van der Waals surface area contributed by atoms with E-state index < -0.39 is 0 Å². The van der Waals surface area contributed by atoms with Crippen molar-refractivity contribution in [1.29, 1.82) is 0 Å². The molecule has 138 valence electrons. The van der Waals surface area contributed by atoms with Crippen LogP contribution in [0.2, 0.25) is 0 Å². The van der Waals surface area contributed by atoms with Crippen LogP contribution in [0.3, 0.4) is 0 Å². The summed E-state index contributed by atoms with van der Waals surface area (Å²) in [5.41, 5.74) is 0. The predicted molar refractivity (Wildman–Crippen MR) is 110 cm³/mol. The van der Waals surface area contributed by atoms with Gasteiger partial charge in [0.2, 0.25) is 0 Å². The first-order chi connectivity index (χ1) is 10.8. The van der Waals surface area contributed by atoms with Gasteiger partial charge in [0.25, 0.3) is 0 Å². The Morgan fingerprint density at radius 2 is 1.91 bits per heavy atom. The van der Waals surface area contributed by atoms with Gasteiger partial charge in [0.1, 0.15) is 0 Å². The number of halogens is 1. The maximum Gasteiger partial charge on any atom is 0.191 e. The number of guanidine groups is 1. The second-order valence-corrected chi connectivity index (χ2v) is 6.11. The van der Waals surface area contributed by atoms with Crippen LogP contribution in [0.1, 0.15) is 52.9 Å². The largest absolute Gasteiger partial charge is 0.379 e. The average molecular weight is 440 g/mol. The van der Waals surface area contributed by atoms with E-state index in [1.165, 1.54) is 25.7 Å². The highest BCUT2D eigenvalue weighted by Gasteiger charge is 2.09. The van der Waals surface area contributed by atoms with Crippen molar-refractivity contribution in [2.45, 2.75) is 58.9 Å². The number of unbranched alkanes of at least 4 members (excludes halogenated alkanes) is 2. The van der Waals surface area contributed by atoms with Crippen molar-refractivity contribution in [3.05, 3.63) is 0 Å². The van der Waals surface area contributed by atoms with Gasteiger partial charge in [-0.1, -0.05) is 26.2 Å². The van der Waals surface area contributed by atoms with Crippen molar-refractivity contribution in [3.63, 3.8) is 0 Å². The van der Waals surface area contributed by atoms with Crippen LogP contribution in [0.4, 0.5) is 0 Å². The molecular formula is C17H37IN4O. The van der Waals surface area contributed by atoms with Gasteiger partial charge in [0, 0.05) is 38.8 Å². The third-order valence-corrected chi connectivity index (χ3v) is 3.97. The Bertz CT molecular complexity index is 296. The summed E-state index contributed by atoms with van der Waals surface area (Å²) in [4.78, 5) is 7.17. The SMILES string of the molecule is CCCCCC(C)NC(=NCCCN1CCOCC1)NCC.I. The molecule has 6 heteroatoms. The van der Waals surface area contributed by atoms with Crippen LogP contribution >= 0.6 is 24.0 Å². The van der Waals surface area contributed by atoms with Crippen LogP contribution in [0.25, 0.3) is 0 Å². The Labute approximate surface area is 160 Å². The van der Waals surface area contributed by atoms with Crippen molar-refractivity contribution in [3.8, 4) is 0 Å². The van der Waals surface area contributed by atoms with Gasteiger partial charge >= 0.3 is 0 Å². The van der Waals surface area contributed by atoms with Crippen LogP contribution in [-0.2, 0) is 4.74 Å². The first-order valence-corrected chi connectivity index (χ1v) is 9.11. The molecule has 23 heavy (non-hydrogen) atoms. The van der Waals surface area contributed by atoms with E-state index in [1.54, 1.807) is 0 Å². The van der Waals surface area contributed by atoms with Gasteiger partial charge in [-0.05, 0) is 26.7 Å². The summed E-state index contributed by atoms with van der Waals surface area (Å²) in [6, 6.07) is 0.489. The molecule has 0 aromatic heterocycles. The molecule has 1 unspecified atom stereocenters. The number of ether oxygens (including phenoxy) is 1. The monoisotopic (exact) mass is 440 g/mol. The molecule has 0 radical (unpaired) electrons. The van der Waals surface area contributed by atoms with Crippen molar-refractivity contribution < 1.29 is 4.74 Å². The van der Waals surface area contributed by atoms with Gasteiger partial charge in [0.05, 0.1) is 13.2 Å². The molecule has 0 amide bonds. The smallest absolute Gasteiger partial charge is 0.191 e. The Balaban J connectivity index is 0.00000484. The third kappa shape index (κ3) is 12.0. The van der Waals surface area contributed by atoms with Gasteiger partial charge in [-0.25, -0.2) is 0 Å². The van der Waals surface area contributed by atoms with E-state index in [-0.39, 0.29) is 24.0 Å². The summed E-state index contributed by atoms with van der Waals surface area (Å²) in [6.07, 6.45) is 6.22. The average Bonchev–Trinajstić information content (AvgIpc) is 2.53. The molecule has 0 saturated carbocycles. The number of hydrogen-bond acceptors (Lipinski definition) is 3. The Kier molecular flexibility index (Phi) is 15.4. The number of nitrogens with zero attached hydrogens (tertiary/aromatic N) is 2. The molecule has 1 saturated heterocycles. The van der Waals surface area contributed by atoms with Gasteiger partial charge < -0.3 is 15.4 Å². The van der Waals surface area contributed by atoms with Crippen LogP contribution in [0, 0.1) is 0 Å². The fraction of sp³-hybridized carbons (Fsp3) is 0.941. The molecule has 1 aliphatic heterocycles. The maximum absolute atomic E-state index is 5.37. The highest BCUT2D eigenvalue weighted by Crippen LogP contribution is 2.03. The predicted octanol–water partition coefficient (Wildman–Crippen LogP) is 2.85. The highest BCUT2D eigenvalue weighted by molar-refractivity contribution is 14.0. The minimum Gasteiger partial charge on any atom is -0.379 e. The zero-order chi connectivity index (χ0) is 16.0. The number of morpholine rings is 1. The highest BCUT2D eigenvalue weighted by atomic mass is 127. The Morgan fingerprint density at radius 1 is 1.17 bits per heavy atom. The topological polar surface area (TPSA) is 48.9 Å². The van der Waals surface area contributed by atoms with Gasteiger partial charge in [-0.3, -0.25) is 9.89 Å². The minimum atomic E-state index is 0. The molecule has 0 spiro atoms. The van der Waals surface area contributed by atoms with Gasteiger partial charge in [-0.2, -0.15) is 0 Å². The van der Waals surface area contributed by atoms with Crippen molar-refractivity contribution in [2.75, 3.05) is 45.9 Å². The minimum absolute atomic E-state index is 0. The zero-order valence-corrected chi connectivity index (χ0v) is 17.6. The van der Waals surface area contributed by atoms with Crippen LogP contribution in [-0.4, -0.2) is 62.8 Å². The summed E-state index contributed by atoms with van der Waals surface area (Å²) in [7, 11) is 0. The lowest BCUT2D eigenvalue weighted by atomic mass is 10.1. The number of nitrogens with one attached hydrogen (secondary N) is 2. The van der Waals surface area contributed by atoms with E-state index in [0.29, 0.717) is 6.04 Å². The first-order valence-electron chi connectivity index (χ1n) is 9.11. The fourth-order valence-corrected chi connectivity index (χ4v) is 2.64. The quantitative estimate of drug-likeness (QED) is 0.238. The van der Waals surface area contributed by atoms with Crippen LogP contribution in [0.15, 0.2) is 4.99 Å². The molecule has 0 aromatic carbocycles. The van der Waals surface area contributed by atoms with Crippen molar-refractivity contribution in [2.24, 2.45) is 4.99 Å². The first kappa shape index (κ1) is 22.9. The molecule has 1 heterocycles. The summed E-state index contributed by atoms with van der Waals surface area (Å²) >= 11 is 0. The third-order valence-electron chi connectivity index (χ3n) is 3.97. The van der Waals surface area contributed by atoms with Gasteiger partial charge in [0.15, 0.2) is 5.96 Å². The summed E-state index contributed by atoms with van der Waals surface area (Å²) in [6.45, 7) is 13.4. The summed E-state index contributed by atoms with van der Waals surface area (Å²) in [5.74, 6) is 0.966. The lowest BCUT2D eigenvalue weighted by Gasteiger charge is -2.26. The lowest BCUT2D eigenvalue weighted by molar-refractivity contribution is 0.0377. The number of aliphatic imine (C=N–C) groups is 1. The molecule has 1 atom stereocenters. The van der Waals surface area contributed by atoms with E-state index in [1.807, 2.05) is 0 Å². The van der Waals surface area contributed by atoms with E-state index in [9.17, 15) is 0 Å². The van der Waals surface area contributed by atoms with Crippen LogP contribution in [0.5, 0.6) is 0 Å². The summed E-state index contributed by atoms with van der Waals surface area (Å²) in [5, 5.41) is 6.87. The van der Waals surface area contributed by atoms with Crippen molar-refractivity contribution >= 4 is 29.9 Å². The standard InChI is InChI=1S/C17H36N4O.HI/c1-4-6-7-9-16(3)20-17(18-5-2)19-10-8-11-21-12-14-22-15-13-21;/h16H,4-15H2,1-3H3,(H2,18,19,20);1H. The van der Waals surface area contributed by atoms with Gasteiger partial charge in [-0.15, -0.1) is 24.0 Å². The van der Waals surface area contributed by atoms with E-state index in [4.69, 9.17) is 9.73 Å². The zero-order valence-electron chi connectivity index (χ0n) is 15.3. The molecule has 5 nitrogen and oxygen atoms in total. The van der Waals surface area contributed by atoms with E-state index >= 15 is 0 Å². The molecule has 1 rings (SSSR count). The maximum atomic E-state index is 5.37. The second kappa shape index (κ2) is 15.4. The summed E-state index contributed by atoms with van der Waals surface area (Å²) < 4.78 is 5.37. The van der Waals surface area contributed by atoms with E-state index in [2.05, 4.69) is 36.3 Å². The van der Waals surface area contributed by atoms with E-state index in [0.717, 1.165) is 58.3 Å². The normalized spacial score (nSPS) is 17.4. The lowest BCUT2D eigenvalue weighted by Crippen LogP contribution is -2.42. The molecular weight excluding hydrogens is 403 g/mol. The van der Waals surface area contributed by atoms with Crippen molar-refractivity contribution in [1.82, 2.24) is 15.5 Å². The Hall–Kier alpha value is -0.0800.